The number of carbonyl (C=O) groups is 1. The normalized spacial score (nSPS) is 16.6. The molecule has 1 heterocycles. The molecule has 0 radical (unpaired) electrons. The zero-order valence-corrected chi connectivity index (χ0v) is 18.8. The number of nitriles is 1. The maximum absolute atomic E-state index is 12.8. The number of aryl methyl sites for hydroxylation is 1. The molecule has 0 bridgehead atoms. The van der Waals surface area contributed by atoms with Gasteiger partial charge in [0.15, 0.2) is 0 Å². The molecule has 2 aliphatic rings. The molecule has 1 aromatic carbocycles. The molecule has 2 aromatic rings. The number of rotatable bonds is 6. The molecule has 0 spiro atoms. The van der Waals surface area contributed by atoms with Crippen molar-refractivity contribution >= 4 is 21.7 Å². The first kappa shape index (κ1) is 21.4. The van der Waals surface area contributed by atoms with Crippen molar-refractivity contribution in [2.75, 3.05) is 5.32 Å². The van der Waals surface area contributed by atoms with Crippen molar-refractivity contribution < 1.29 is 13.2 Å². The van der Waals surface area contributed by atoms with Crippen LogP contribution in [0.25, 0.3) is 0 Å². The van der Waals surface area contributed by atoms with Gasteiger partial charge in [-0.2, -0.15) is 18.8 Å². The minimum Gasteiger partial charge on any atom is -0.307 e. The van der Waals surface area contributed by atoms with Gasteiger partial charge in [-0.25, -0.2) is 9.52 Å². The highest BCUT2D eigenvalue weighted by Gasteiger charge is 2.33. The topological polar surface area (TPSA) is 117 Å². The first-order valence-corrected chi connectivity index (χ1v) is 12.2. The second kappa shape index (κ2) is 8.00. The van der Waals surface area contributed by atoms with Gasteiger partial charge >= 0.3 is 6.03 Å². The number of anilines is 1. The van der Waals surface area contributed by atoms with E-state index in [0.29, 0.717) is 11.8 Å². The quantitative estimate of drug-likeness (QED) is 0.706. The second-order valence-electron chi connectivity index (χ2n) is 8.74. The largest absolute Gasteiger partial charge is 0.333 e. The third kappa shape index (κ3) is 4.17. The Morgan fingerprint density at radius 3 is 2.65 bits per heavy atom. The highest BCUT2D eigenvalue weighted by Crippen LogP contribution is 2.46. The minimum atomic E-state index is -4.30. The first-order valence-electron chi connectivity index (χ1n) is 10.7. The van der Waals surface area contributed by atoms with Gasteiger partial charge in [0.2, 0.25) is 5.03 Å². The van der Waals surface area contributed by atoms with E-state index in [1.807, 2.05) is 24.6 Å². The van der Waals surface area contributed by atoms with Crippen LogP contribution in [0.2, 0.25) is 0 Å². The average Bonchev–Trinajstić information content (AvgIpc) is 3.26. The predicted octanol–water partition coefficient (Wildman–Crippen LogP) is 3.85. The number of fused-ring (bicyclic) bond motifs is 1. The SMILES string of the molecule is CC(c1ccc2c(c1NC(=O)NS(=O)(=O)c1nn(C(C)C)cc1C#N)CCC2)C1CC1. The van der Waals surface area contributed by atoms with Crippen LogP contribution in [0, 0.1) is 17.2 Å². The van der Waals surface area contributed by atoms with Gasteiger partial charge in [-0.1, -0.05) is 19.1 Å². The van der Waals surface area contributed by atoms with E-state index in [0.717, 1.165) is 36.1 Å². The third-order valence-electron chi connectivity index (χ3n) is 6.20. The first-order chi connectivity index (χ1) is 14.7. The number of carbonyl (C=O) groups excluding carboxylic acids is 1. The number of amides is 2. The van der Waals surface area contributed by atoms with Gasteiger partial charge in [0, 0.05) is 17.9 Å². The summed E-state index contributed by atoms with van der Waals surface area (Å²) in [5.74, 6) is 0.898. The number of hydrogen-bond donors (Lipinski definition) is 2. The van der Waals surface area contributed by atoms with Gasteiger partial charge in [-0.3, -0.25) is 4.68 Å². The molecule has 31 heavy (non-hydrogen) atoms. The molecule has 9 heteroatoms. The molecule has 0 saturated heterocycles. The van der Waals surface area contributed by atoms with Gasteiger partial charge in [0.05, 0.1) is 0 Å². The van der Waals surface area contributed by atoms with Crippen LogP contribution in [0.4, 0.5) is 10.5 Å². The summed E-state index contributed by atoms with van der Waals surface area (Å²) in [6.45, 7) is 5.80. The van der Waals surface area contributed by atoms with Gasteiger partial charge < -0.3 is 5.32 Å². The monoisotopic (exact) mass is 441 g/mol. The predicted molar refractivity (Wildman–Crippen MR) is 116 cm³/mol. The number of sulfonamides is 1. The number of urea groups is 1. The molecule has 1 atom stereocenters. The lowest BCUT2D eigenvalue weighted by atomic mass is 9.91. The Morgan fingerprint density at radius 1 is 1.26 bits per heavy atom. The standard InChI is InChI=1S/C22H27N5O3S/c1-13(2)27-12-17(11-23)21(25-27)31(29,30)26-22(28)24-20-18(14(3)15-7-8-15)10-9-16-5-4-6-19(16)20/h9-10,12-15H,4-8H2,1-3H3,(H2,24,26,28). The van der Waals surface area contributed by atoms with Crippen LogP contribution >= 0.6 is 0 Å². The Bertz CT molecular complexity index is 1170. The van der Waals surface area contributed by atoms with Crippen LogP contribution < -0.4 is 10.0 Å². The molecule has 1 fully saturated rings. The van der Waals surface area contributed by atoms with Crippen molar-refractivity contribution in [2.24, 2.45) is 5.92 Å². The second-order valence-corrected chi connectivity index (χ2v) is 10.3. The van der Waals surface area contributed by atoms with E-state index in [4.69, 9.17) is 0 Å². The minimum absolute atomic E-state index is 0.0994. The van der Waals surface area contributed by atoms with Crippen molar-refractivity contribution in [3.63, 3.8) is 0 Å². The summed E-state index contributed by atoms with van der Waals surface area (Å²) in [5, 5.41) is 15.7. The summed E-state index contributed by atoms with van der Waals surface area (Å²) < 4.78 is 29.1. The fourth-order valence-electron chi connectivity index (χ4n) is 4.29. The van der Waals surface area contributed by atoms with E-state index in [1.165, 1.54) is 29.3 Å². The number of benzene rings is 1. The molecular weight excluding hydrogens is 414 g/mol. The molecule has 2 amide bonds. The molecule has 1 aromatic heterocycles. The zero-order valence-electron chi connectivity index (χ0n) is 18.0. The third-order valence-corrected chi connectivity index (χ3v) is 7.47. The Hall–Kier alpha value is -2.86. The van der Waals surface area contributed by atoms with Gasteiger partial charge in [-0.15, -0.1) is 0 Å². The number of nitrogens with one attached hydrogen (secondary N) is 2. The lowest BCUT2D eigenvalue weighted by molar-refractivity contribution is 0.256. The maximum Gasteiger partial charge on any atom is 0.333 e. The summed E-state index contributed by atoms with van der Waals surface area (Å²) in [4.78, 5) is 12.8. The number of nitrogens with zero attached hydrogens (tertiary/aromatic N) is 3. The van der Waals surface area contributed by atoms with Gasteiger partial charge in [-0.05, 0) is 74.5 Å². The fraction of sp³-hybridized carbons (Fsp3) is 0.500. The van der Waals surface area contributed by atoms with Crippen LogP contribution in [0.15, 0.2) is 23.4 Å². The molecule has 1 unspecified atom stereocenters. The van der Waals surface area contributed by atoms with Crippen molar-refractivity contribution in [3.8, 4) is 6.07 Å². The molecule has 2 aliphatic carbocycles. The summed E-state index contributed by atoms with van der Waals surface area (Å²) in [6.07, 6.45) is 6.56. The van der Waals surface area contributed by atoms with E-state index < -0.39 is 21.1 Å². The Balaban J connectivity index is 1.61. The van der Waals surface area contributed by atoms with Crippen LogP contribution in [-0.4, -0.2) is 24.2 Å². The van der Waals surface area contributed by atoms with Crippen molar-refractivity contribution in [1.29, 1.82) is 5.26 Å². The maximum atomic E-state index is 12.8. The lowest BCUT2D eigenvalue weighted by Gasteiger charge is -2.20. The zero-order chi connectivity index (χ0) is 22.3. The highest BCUT2D eigenvalue weighted by atomic mass is 32.2. The highest BCUT2D eigenvalue weighted by molar-refractivity contribution is 7.90. The molecule has 164 valence electrons. The van der Waals surface area contributed by atoms with Gasteiger partial charge in [0.1, 0.15) is 11.6 Å². The lowest BCUT2D eigenvalue weighted by Crippen LogP contribution is -2.35. The summed E-state index contributed by atoms with van der Waals surface area (Å²) in [5.41, 5.74) is 3.98. The van der Waals surface area contributed by atoms with Crippen molar-refractivity contribution in [3.05, 3.63) is 40.6 Å². The van der Waals surface area contributed by atoms with Crippen molar-refractivity contribution in [1.82, 2.24) is 14.5 Å². The Kier molecular flexibility index (Phi) is 5.52. The molecule has 2 N–H and O–H groups in total. The van der Waals surface area contributed by atoms with Gasteiger partial charge in [0.25, 0.3) is 10.0 Å². The van der Waals surface area contributed by atoms with E-state index in [-0.39, 0.29) is 11.6 Å². The van der Waals surface area contributed by atoms with Crippen molar-refractivity contribution in [2.45, 2.75) is 69.9 Å². The average molecular weight is 442 g/mol. The summed E-state index contributed by atoms with van der Waals surface area (Å²) >= 11 is 0. The molecule has 4 rings (SSSR count). The number of hydrogen-bond acceptors (Lipinski definition) is 5. The fourth-order valence-corrected chi connectivity index (χ4v) is 5.27. The summed E-state index contributed by atoms with van der Waals surface area (Å²) in [6, 6.07) is 5.08. The van der Waals surface area contributed by atoms with Crippen LogP contribution in [0.5, 0.6) is 0 Å². The molecule has 1 saturated carbocycles. The van der Waals surface area contributed by atoms with E-state index >= 15 is 0 Å². The molecule has 8 nitrogen and oxygen atoms in total. The molecule has 0 aliphatic heterocycles. The van der Waals surface area contributed by atoms with E-state index in [1.54, 1.807) is 0 Å². The summed E-state index contributed by atoms with van der Waals surface area (Å²) in [7, 11) is -4.30. The number of aromatic nitrogens is 2. The molecular formula is C22H27N5O3S. The van der Waals surface area contributed by atoms with Crippen LogP contribution in [0.3, 0.4) is 0 Å². The van der Waals surface area contributed by atoms with Crippen LogP contribution in [0.1, 0.15) is 74.2 Å². The van der Waals surface area contributed by atoms with Crippen LogP contribution in [-0.2, 0) is 22.9 Å². The Labute approximate surface area is 182 Å². The smallest absolute Gasteiger partial charge is 0.307 e. The van der Waals surface area contributed by atoms with E-state index in [9.17, 15) is 18.5 Å². The van der Waals surface area contributed by atoms with E-state index in [2.05, 4.69) is 29.5 Å². The Morgan fingerprint density at radius 2 is 2.00 bits per heavy atom.